The van der Waals surface area contributed by atoms with Crippen LogP contribution in [0.1, 0.15) is 97.8 Å². The molecule has 1 atom stereocenters. The summed E-state index contributed by atoms with van der Waals surface area (Å²) in [6, 6.07) is 0. The molecule has 1 unspecified atom stereocenters. The zero-order valence-electron chi connectivity index (χ0n) is 13.0. The summed E-state index contributed by atoms with van der Waals surface area (Å²) in [6.07, 6.45) is 16.1. The lowest BCUT2D eigenvalue weighted by atomic mass is 9.92. The molecule has 0 heterocycles. The van der Waals surface area contributed by atoms with Crippen LogP contribution in [-0.4, -0.2) is 4.86 Å². The van der Waals surface area contributed by atoms with Gasteiger partial charge in [0.1, 0.15) is 0 Å². The summed E-state index contributed by atoms with van der Waals surface area (Å²) in [5.41, 5.74) is 0. The molecule has 0 amide bonds. The summed E-state index contributed by atoms with van der Waals surface area (Å²) in [6.45, 7) is 6.85. The van der Waals surface area contributed by atoms with Crippen LogP contribution in [0.5, 0.6) is 0 Å². The minimum atomic E-state index is 0.725. The highest BCUT2D eigenvalue weighted by molar-refractivity contribution is 7.80. The molecule has 0 saturated heterocycles. The first-order valence-electron chi connectivity index (χ1n) is 8.28. The largest absolute Gasteiger partial charge is 0.0894 e. The standard InChI is InChI=1S/C17H34S/c1-4-7-9-11-12-14-16(6-3)17(18)15-13-10-8-5-2/h16H,4-15H2,1-3H3. The molecule has 0 saturated carbocycles. The van der Waals surface area contributed by atoms with Crippen molar-refractivity contribution in [3.05, 3.63) is 0 Å². The lowest BCUT2D eigenvalue weighted by Gasteiger charge is -2.16. The van der Waals surface area contributed by atoms with E-state index in [1.807, 2.05) is 0 Å². The van der Waals surface area contributed by atoms with Crippen molar-refractivity contribution in [1.29, 1.82) is 0 Å². The summed E-state index contributed by atoms with van der Waals surface area (Å²) in [7, 11) is 0. The van der Waals surface area contributed by atoms with Crippen LogP contribution in [0.15, 0.2) is 0 Å². The number of hydrogen-bond donors (Lipinski definition) is 0. The highest BCUT2D eigenvalue weighted by atomic mass is 32.1. The molecule has 0 aliphatic rings. The normalized spacial score (nSPS) is 12.6. The fourth-order valence-electron chi connectivity index (χ4n) is 2.52. The fourth-order valence-corrected chi connectivity index (χ4v) is 2.95. The van der Waals surface area contributed by atoms with Crippen LogP contribution in [0.2, 0.25) is 0 Å². The molecule has 0 aromatic heterocycles. The van der Waals surface area contributed by atoms with E-state index in [9.17, 15) is 0 Å². The van der Waals surface area contributed by atoms with Gasteiger partial charge in [0.25, 0.3) is 0 Å². The minimum absolute atomic E-state index is 0.725. The Morgan fingerprint density at radius 2 is 1.33 bits per heavy atom. The van der Waals surface area contributed by atoms with Crippen LogP contribution in [-0.2, 0) is 0 Å². The zero-order valence-corrected chi connectivity index (χ0v) is 13.8. The second kappa shape index (κ2) is 13.5. The van der Waals surface area contributed by atoms with Gasteiger partial charge in [0.2, 0.25) is 0 Å². The van der Waals surface area contributed by atoms with Gasteiger partial charge in [-0.2, -0.15) is 0 Å². The third-order valence-corrected chi connectivity index (χ3v) is 4.42. The van der Waals surface area contributed by atoms with Crippen molar-refractivity contribution >= 4 is 17.1 Å². The third kappa shape index (κ3) is 10.1. The second-order valence-corrected chi connectivity index (χ2v) is 6.11. The molecule has 0 aromatic carbocycles. The second-order valence-electron chi connectivity index (χ2n) is 5.59. The molecule has 0 aliphatic heterocycles. The molecule has 18 heavy (non-hydrogen) atoms. The van der Waals surface area contributed by atoms with Gasteiger partial charge in [0, 0.05) is 0 Å². The Hall–Kier alpha value is 0.0900. The lowest BCUT2D eigenvalue weighted by Crippen LogP contribution is -2.11. The van der Waals surface area contributed by atoms with Crippen molar-refractivity contribution in [2.75, 3.05) is 0 Å². The fraction of sp³-hybridized carbons (Fsp3) is 0.941. The van der Waals surface area contributed by atoms with Gasteiger partial charge >= 0.3 is 0 Å². The molecule has 0 radical (unpaired) electrons. The summed E-state index contributed by atoms with van der Waals surface area (Å²) in [5, 5.41) is 0. The Labute approximate surface area is 121 Å². The SMILES string of the molecule is CCCCCCCC(CC)C(=S)CCCCCC. The van der Waals surface area contributed by atoms with Crippen molar-refractivity contribution in [3.8, 4) is 0 Å². The van der Waals surface area contributed by atoms with E-state index in [2.05, 4.69) is 20.8 Å². The van der Waals surface area contributed by atoms with E-state index >= 15 is 0 Å². The first-order valence-corrected chi connectivity index (χ1v) is 8.69. The molecule has 108 valence electrons. The summed E-state index contributed by atoms with van der Waals surface area (Å²) in [4.78, 5) is 1.36. The summed E-state index contributed by atoms with van der Waals surface area (Å²) in [5.74, 6) is 0.725. The van der Waals surface area contributed by atoms with Crippen molar-refractivity contribution in [2.45, 2.75) is 97.8 Å². The minimum Gasteiger partial charge on any atom is -0.0894 e. The molecule has 1 heteroatoms. The first-order chi connectivity index (χ1) is 8.76. The topological polar surface area (TPSA) is 0 Å². The predicted octanol–water partition coefficient (Wildman–Crippen LogP) is 6.71. The number of unbranched alkanes of at least 4 members (excludes halogenated alkanes) is 7. The van der Waals surface area contributed by atoms with Gasteiger partial charge in [-0.3, -0.25) is 0 Å². The van der Waals surface area contributed by atoms with Crippen LogP contribution in [0.25, 0.3) is 0 Å². The Balaban J connectivity index is 3.62. The van der Waals surface area contributed by atoms with E-state index < -0.39 is 0 Å². The highest BCUT2D eigenvalue weighted by Crippen LogP contribution is 2.20. The van der Waals surface area contributed by atoms with E-state index in [4.69, 9.17) is 12.2 Å². The third-order valence-electron chi connectivity index (χ3n) is 3.88. The van der Waals surface area contributed by atoms with E-state index in [0.717, 1.165) is 5.92 Å². The average Bonchev–Trinajstić information content (AvgIpc) is 2.39. The highest BCUT2D eigenvalue weighted by Gasteiger charge is 2.11. The monoisotopic (exact) mass is 270 g/mol. The molecule has 0 aromatic rings. The van der Waals surface area contributed by atoms with Gasteiger partial charge in [0.05, 0.1) is 0 Å². The van der Waals surface area contributed by atoms with Crippen LogP contribution in [0.4, 0.5) is 0 Å². The van der Waals surface area contributed by atoms with Crippen molar-refractivity contribution in [2.24, 2.45) is 5.92 Å². The Morgan fingerprint density at radius 3 is 1.89 bits per heavy atom. The Bertz CT molecular complexity index is 186. The van der Waals surface area contributed by atoms with Crippen molar-refractivity contribution in [1.82, 2.24) is 0 Å². The molecular weight excluding hydrogens is 236 g/mol. The molecular formula is C17H34S. The average molecular weight is 271 g/mol. The van der Waals surface area contributed by atoms with Crippen LogP contribution in [0.3, 0.4) is 0 Å². The van der Waals surface area contributed by atoms with E-state index in [1.54, 1.807) is 0 Å². The Kier molecular flexibility index (Phi) is 13.6. The summed E-state index contributed by atoms with van der Waals surface area (Å²) < 4.78 is 0. The summed E-state index contributed by atoms with van der Waals surface area (Å²) >= 11 is 5.63. The molecule has 0 rings (SSSR count). The van der Waals surface area contributed by atoms with Crippen LogP contribution in [0, 0.1) is 5.92 Å². The number of hydrogen-bond acceptors (Lipinski definition) is 1. The lowest BCUT2D eigenvalue weighted by molar-refractivity contribution is 0.529. The molecule has 0 aliphatic carbocycles. The Morgan fingerprint density at radius 1 is 0.778 bits per heavy atom. The van der Waals surface area contributed by atoms with Crippen LogP contribution >= 0.6 is 12.2 Å². The van der Waals surface area contributed by atoms with Gasteiger partial charge in [-0.15, -0.1) is 0 Å². The predicted molar refractivity (Wildman–Crippen MR) is 88.5 cm³/mol. The molecule has 0 nitrogen and oxygen atoms in total. The maximum Gasteiger partial charge on any atom is -0.00407 e. The van der Waals surface area contributed by atoms with Crippen molar-refractivity contribution in [3.63, 3.8) is 0 Å². The zero-order chi connectivity index (χ0) is 13.6. The van der Waals surface area contributed by atoms with Gasteiger partial charge in [-0.05, 0) is 36.5 Å². The van der Waals surface area contributed by atoms with Gasteiger partial charge in [-0.25, -0.2) is 0 Å². The van der Waals surface area contributed by atoms with Gasteiger partial charge in [0.15, 0.2) is 0 Å². The molecule has 0 N–H and O–H groups in total. The quantitative estimate of drug-likeness (QED) is 0.264. The molecule has 0 spiro atoms. The molecule has 0 fully saturated rings. The first kappa shape index (κ1) is 18.1. The number of thiocarbonyl (C=S) groups is 1. The molecule has 0 bridgehead atoms. The van der Waals surface area contributed by atoms with Gasteiger partial charge in [-0.1, -0.05) is 84.4 Å². The van der Waals surface area contributed by atoms with Crippen LogP contribution < -0.4 is 0 Å². The van der Waals surface area contributed by atoms with E-state index in [-0.39, 0.29) is 0 Å². The smallest absolute Gasteiger partial charge is 0.00407 e. The van der Waals surface area contributed by atoms with E-state index in [0.29, 0.717) is 0 Å². The number of rotatable bonds is 13. The van der Waals surface area contributed by atoms with Gasteiger partial charge < -0.3 is 0 Å². The maximum absolute atomic E-state index is 5.63. The van der Waals surface area contributed by atoms with E-state index in [1.165, 1.54) is 81.9 Å². The maximum atomic E-state index is 5.63. The van der Waals surface area contributed by atoms with Crippen molar-refractivity contribution < 1.29 is 0 Å².